The molecular weight excluding hydrogens is 348 g/mol. The third-order valence-corrected chi connectivity index (χ3v) is 4.74. The highest BCUT2D eigenvalue weighted by Crippen LogP contribution is 2.39. The average molecular weight is 372 g/mol. The predicted octanol–water partition coefficient (Wildman–Crippen LogP) is 2.78. The van der Waals surface area contributed by atoms with Gasteiger partial charge < -0.3 is 24.1 Å². The van der Waals surface area contributed by atoms with Crippen LogP contribution in [-0.2, 0) is 4.79 Å². The highest BCUT2D eigenvalue weighted by atomic mass is 16.5. The number of ether oxygens (including phenoxy) is 2. The number of furan rings is 1. The molecule has 1 atom stereocenters. The van der Waals surface area contributed by atoms with E-state index in [4.69, 9.17) is 13.9 Å². The lowest BCUT2D eigenvalue weighted by atomic mass is 10.0. The Kier molecular flexibility index (Phi) is 6.01. The fourth-order valence-electron chi connectivity index (χ4n) is 3.41. The molecule has 1 aliphatic rings. The normalized spacial score (nSPS) is 16.2. The topological polar surface area (TPSA) is 81.0 Å². The number of carbonyl (C=O) groups excluding carboxylic acids is 2. The van der Waals surface area contributed by atoms with Crippen molar-refractivity contribution in [3.8, 4) is 11.5 Å². The van der Waals surface area contributed by atoms with Gasteiger partial charge in [0.1, 0.15) is 11.5 Å². The lowest BCUT2D eigenvalue weighted by molar-refractivity contribution is -0.132. The minimum atomic E-state index is -0.319. The van der Waals surface area contributed by atoms with Gasteiger partial charge in [0.2, 0.25) is 5.91 Å². The van der Waals surface area contributed by atoms with Crippen molar-refractivity contribution in [3.05, 3.63) is 47.9 Å². The molecule has 1 aromatic heterocycles. The van der Waals surface area contributed by atoms with Crippen LogP contribution in [0.2, 0.25) is 0 Å². The summed E-state index contributed by atoms with van der Waals surface area (Å²) in [6.45, 7) is 0.951. The summed E-state index contributed by atoms with van der Waals surface area (Å²) in [4.78, 5) is 26.5. The lowest BCUT2D eigenvalue weighted by Crippen LogP contribution is -2.34. The SMILES string of the molecule is COc1ccc(OC)c(C2CCCN2C(=O)CCNC(=O)c2ccco2)c1. The third-order valence-electron chi connectivity index (χ3n) is 4.74. The molecule has 0 saturated carbocycles. The molecule has 1 fully saturated rings. The van der Waals surface area contributed by atoms with Crippen molar-refractivity contribution in [3.63, 3.8) is 0 Å². The molecule has 1 saturated heterocycles. The largest absolute Gasteiger partial charge is 0.497 e. The van der Waals surface area contributed by atoms with Crippen molar-refractivity contribution in [1.82, 2.24) is 10.2 Å². The summed E-state index contributed by atoms with van der Waals surface area (Å²) in [6.07, 6.45) is 3.47. The van der Waals surface area contributed by atoms with Crippen molar-refractivity contribution in [1.29, 1.82) is 0 Å². The number of nitrogens with one attached hydrogen (secondary N) is 1. The molecule has 2 amide bonds. The molecule has 0 bridgehead atoms. The van der Waals surface area contributed by atoms with Crippen molar-refractivity contribution in [2.75, 3.05) is 27.3 Å². The van der Waals surface area contributed by atoms with Gasteiger partial charge in [-0.15, -0.1) is 0 Å². The Bertz CT molecular complexity index is 788. The predicted molar refractivity (Wildman–Crippen MR) is 98.9 cm³/mol. The van der Waals surface area contributed by atoms with E-state index >= 15 is 0 Å². The lowest BCUT2D eigenvalue weighted by Gasteiger charge is -2.27. The van der Waals surface area contributed by atoms with Crippen LogP contribution >= 0.6 is 0 Å². The molecule has 1 unspecified atom stereocenters. The molecular formula is C20H24N2O5. The second-order valence-corrected chi connectivity index (χ2v) is 6.34. The number of rotatable bonds is 7. The Morgan fingerprint density at radius 3 is 2.81 bits per heavy atom. The Labute approximate surface area is 158 Å². The summed E-state index contributed by atoms with van der Waals surface area (Å²) >= 11 is 0. The maximum absolute atomic E-state index is 12.7. The second-order valence-electron chi connectivity index (χ2n) is 6.34. The first-order valence-corrected chi connectivity index (χ1v) is 8.97. The van der Waals surface area contributed by atoms with E-state index in [1.54, 1.807) is 26.4 Å². The first-order chi connectivity index (χ1) is 13.1. The van der Waals surface area contributed by atoms with Crippen LogP contribution in [0.4, 0.5) is 0 Å². The van der Waals surface area contributed by atoms with Crippen LogP contribution in [0.1, 0.15) is 41.4 Å². The molecule has 144 valence electrons. The number of hydrogen-bond donors (Lipinski definition) is 1. The van der Waals surface area contributed by atoms with Gasteiger partial charge in [0.05, 0.1) is 26.5 Å². The minimum absolute atomic E-state index is 0.00196. The number of carbonyl (C=O) groups is 2. The monoisotopic (exact) mass is 372 g/mol. The van der Waals surface area contributed by atoms with Crippen molar-refractivity contribution in [2.45, 2.75) is 25.3 Å². The van der Waals surface area contributed by atoms with E-state index in [0.717, 1.165) is 29.9 Å². The molecule has 1 aromatic carbocycles. The molecule has 7 nitrogen and oxygen atoms in total. The van der Waals surface area contributed by atoms with E-state index < -0.39 is 0 Å². The molecule has 1 aliphatic heterocycles. The van der Waals surface area contributed by atoms with Crippen LogP contribution in [0.15, 0.2) is 41.0 Å². The van der Waals surface area contributed by atoms with Crippen LogP contribution in [-0.4, -0.2) is 44.0 Å². The zero-order chi connectivity index (χ0) is 19.2. The molecule has 1 N–H and O–H groups in total. The fraction of sp³-hybridized carbons (Fsp3) is 0.400. The van der Waals surface area contributed by atoms with Gasteiger partial charge in [-0.3, -0.25) is 9.59 Å². The quantitative estimate of drug-likeness (QED) is 0.808. The summed E-state index contributed by atoms with van der Waals surface area (Å²) in [7, 11) is 3.24. The van der Waals surface area contributed by atoms with Crippen molar-refractivity contribution in [2.24, 2.45) is 0 Å². The molecule has 2 heterocycles. The maximum atomic E-state index is 12.7. The van der Waals surface area contributed by atoms with Gasteiger partial charge in [-0.1, -0.05) is 0 Å². The van der Waals surface area contributed by atoms with E-state index in [1.165, 1.54) is 6.26 Å². The highest BCUT2D eigenvalue weighted by Gasteiger charge is 2.31. The Morgan fingerprint density at radius 2 is 2.11 bits per heavy atom. The Morgan fingerprint density at radius 1 is 1.26 bits per heavy atom. The number of hydrogen-bond acceptors (Lipinski definition) is 5. The van der Waals surface area contributed by atoms with Gasteiger partial charge in [0, 0.05) is 25.1 Å². The zero-order valence-corrected chi connectivity index (χ0v) is 15.6. The minimum Gasteiger partial charge on any atom is -0.497 e. The maximum Gasteiger partial charge on any atom is 0.286 e. The number of likely N-dealkylation sites (tertiary alicyclic amines) is 1. The van der Waals surface area contributed by atoms with Crippen molar-refractivity contribution < 1.29 is 23.5 Å². The van der Waals surface area contributed by atoms with Gasteiger partial charge >= 0.3 is 0 Å². The van der Waals surface area contributed by atoms with Gasteiger partial charge in [0.25, 0.3) is 5.91 Å². The average Bonchev–Trinajstić information content (AvgIpc) is 3.39. The van der Waals surface area contributed by atoms with Crippen LogP contribution in [0.5, 0.6) is 11.5 Å². The number of benzene rings is 1. The molecule has 7 heteroatoms. The van der Waals surface area contributed by atoms with E-state index in [1.807, 2.05) is 23.1 Å². The standard InChI is InChI=1S/C20H24N2O5/c1-25-14-7-8-17(26-2)15(13-14)16-5-3-11-22(16)19(23)9-10-21-20(24)18-6-4-12-27-18/h4,6-8,12-13,16H,3,5,9-11H2,1-2H3,(H,21,24). The third kappa shape index (κ3) is 4.24. The first-order valence-electron chi connectivity index (χ1n) is 8.97. The van der Waals surface area contributed by atoms with Crippen LogP contribution < -0.4 is 14.8 Å². The van der Waals surface area contributed by atoms with Crippen LogP contribution in [0.25, 0.3) is 0 Å². The Hall–Kier alpha value is -2.96. The summed E-state index contributed by atoms with van der Waals surface area (Å²) in [5.74, 6) is 1.40. The summed E-state index contributed by atoms with van der Waals surface area (Å²) in [5.41, 5.74) is 0.947. The molecule has 0 spiro atoms. The van der Waals surface area contributed by atoms with Gasteiger partial charge in [-0.05, 0) is 43.2 Å². The van der Waals surface area contributed by atoms with Gasteiger partial charge in [-0.25, -0.2) is 0 Å². The smallest absolute Gasteiger partial charge is 0.286 e. The molecule has 3 rings (SSSR count). The van der Waals surface area contributed by atoms with Crippen LogP contribution in [0.3, 0.4) is 0 Å². The van der Waals surface area contributed by atoms with E-state index in [0.29, 0.717) is 6.54 Å². The van der Waals surface area contributed by atoms with E-state index in [-0.39, 0.29) is 36.6 Å². The fourth-order valence-corrected chi connectivity index (χ4v) is 3.41. The van der Waals surface area contributed by atoms with Crippen LogP contribution in [0, 0.1) is 0 Å². The van der Waals surface area contributed by atoms with Crippen molar-refractivity contribution >= 4 is 11.8 Å². The molecule has 2 aromatic rings. The molecule has 27 heavy (non-hydrogen) atoms. The highest BCUT2D eigenvalue weighted by molar-refractivity contribution is 5.91. The molecule has 0 aliphatic carbocycles. The second kappa shape index (κ2) is 8.62. The number of amides is 2. The van der Waals surface area contributed by atoms with E-state index in [2.05, 4.69) is 5.32 Å². The molecule has 0 radical (unpaired) electrons. The zero-order valence-electron chi connectivity index (χ0n) is 15.6. The van der Waals surface area contributed by atoms with Gasteiger partial charge in [-0.2, -0.15) is 0 Å². The summed E-state index contributed by atoms with van der Waals surface area (Å²) in [5, 5.41) is 2.71. The number of nitrogens with zero attached hydrogens (tertiary/aromatic N) is 1. The first kappa shape index (κ1) is 18.8. The Balaban J connectivity index is 1.64. The number of methoxy groups -OCH3 is 2. The summed E-state index contributed by atoms with van der Waals surface area (Å²) in [6, 6.07) is 8.81. The van der Waals surface area contributed by atoms with E-state index in [9.17, 15) is 9.59 Å². The van der Waals surface area contributed by atoms with Gasteiger partial charge in [0.15, 0.2) is 5.76 Å². The summed E-state index contributed by atoms with van der Waals surface area (Å²) < 4.78 is 15.8.